The topological polar surface area (TPSA) is 52.6 Å². The van der Waals surface area contributed by atoms with E-state index < -0.39 is 6.10 Å². The molecule has 0 bridgehead atoms. The fourth-order valence-electron chi connectivity index (χ4n) is 2.94. The molecule has 5 heteroatoms. The SMILES string of the molecule is CC(C)[C@H](O)CC(=O)N[C@@H]1CCN(C)[C@@H]1c1ccc(Cl)cc1. The maximum Gasteiger partial charge on any atom is 0.222 e. The second kappa shape index (κ2) is 7.44. The number of carbonyl (C=O) groups excluding carboxylic acids is 1. The van der Waals surface area contributed by atoms with Crippen LogP contribution >= 0.6 is 11.6 Å². The first-order valence-corrected chi connectivity index (χ1v) is 8.19. The van der Waals surface area contributed by atoms with Gasteiger partial charge in [-0.2, -0.15) is 0 Å². The average Bonchev–Trinajstić information content (AvgIpc) is 2.80. The molecule has 1 amide bonds. The number of halogens is 1. The molecule has 0 radical (unpaired) electrons. The second-order valence-corrected chi connectivity index (χ2v) is 6.89. The number of rotatable bonds is 5. The van der Waals surface area contributed by atoms with Crippen molar-refractivity contribution in [1.82, 2.24) is 10.2 Å². The molecular formula is C17H25ClN2O2. The van der Waals surface area contributed by atoms with E-state index >= 15 is 0 Å². The molecule has 1 heterocycles. The van der Waals surface area contributed by atoms with Gasteiger partial charge in [0, 0.05) is 17.6 Å². The Morgan fingerprint density at radius 3 is 2.64 bits per heavy atom. The van der Waals surface area contributed by atoms with Crippen LogP contribution < -0.4 is 5.32 Å². The van der Waals surface area contributed by atoms with Crippen molar-refractivity contribution < 1.29 is 9.90 Å². The highest BCUT2D eigenvalue weighted by molar-refractivity contribution is 6.30. The maximum atomic E-state index is 12.1. The first kappa shape index (κ1) is 17.3. The molecule has 0 unspecified atom stereocenters. The molecule has 0 aromatic heterocycles. The van der Waals surface area contributed by atoms with Crippen molar-refractivity contribution in [2.45, 2.75) is 44.9 Å². The third-order valence-corrected chi connectivity index (χ3v) is 4.62. The fourth-order valence-corrected chi connectivity index (χ4v) is 3.06. The van der Waals surface area contributed by atoms with Crippen LogP contribution in [0.2, 0.25) is 5.02 Å². The number of benzene rings is 1. The van der Waals surface area contributed by atoms with Gasteiger partial charge in [-0.05, 0) is 37.1 Å². The zero-order chi connectivity index (χ0) is 16.3. The zero-order valence-corrected chi connectivity index (χ0v) is 14.2. The molecule has 22 heavy (non-hydrogen) atoms. The Hall–Kier alpha value is -1.10. The summed E-state index contributed by atoms with van der Waals surface area (Å²) in [4.78, 5) is 14.4. The number of likely N-dealkylation sites (N-methyl/N-ethyl adjacent to an activating group) is 1. The number of nitrogens with one attached hydrogen (secondary N) is 1. The number of likely N-dealkylation sites (tertiary alicyclic amines) is 1. The van der Waals surface area contributed by atoms with Crippen molar-refractivity contribution in [3.05, 3.63) is 34.9 Å². The Bertz CT molecular complexity index is 504. The van der Waals surface area contributed by atoms with Crippen molar-refractivity contribution in [2.24, 2.45) is 5.92 Å². The highest BCUT2D eigenvalue weighted by atomic mass is 35.5. The third kappa shape index (κ3) is 4.22. The molecule has 0 aliphatic carbocycles. The van der Waals surface area contributed by atoms with Gasteiger partial charge in [0.25, 0.3) is 0 Å². The van der Waals surface area contributed by atoms with Crippen LogP contribution in [0, 0.1) is 5.92 Å². The van der Waals surface area contributed by atoms with E-state index in [9.17, 15) is 9.90 Å². The number of carbonyl (C=O) groups is 1. The largest absolute Gasteiger partial charge is 0.392 e. The predicted molar refractivity (Wildman–Crippen MR) is 88.8 cm³/mol. The third-order valence-electron chi connectivity index (χ3n) is 4.37. The van der Waals surface area contributed by atoms with Crippen LogP contribution in [0.5, 0.6) is 0 Å². The van der Waals surface area contributed by atoms with Gasteiger partial charge in [-0.3, -0.25) is 9.69 Å². The fraction of sp³-hybridized carbons (Fsp3) is 0.588. The van der Waals surface area contributed by atoms with E-state index in [1.807, 2.05) is 38.1 Å². The van der Waals surface area contributed by atoms with Gasteiger partial charge >= 0.3 is 0 Å². The summed E-state index contributed by atoms with van der Waals surface area (Å²) in [5.41, 5.74) is 1.15. The minimum absolute atomic E-state index is 0.0676. The molecule has 1 fully saturated rings. The lowest BCUT2D eigenvalue weighted by Gasteiger charge is -2.27. The molecule has 3 atom stereocenters. The van der Waals surface area contributed by atoms with Crippen LogP contribution in [0.15, 0.2) is 24.3 Å². The van der Waals surface area contributed by atoms with Gasteiger partial charge in [0.1, 0.15) is 0 Å². The highest BCUT2D eigenvalue weighted by Gasteiger charge is 2.34. The van der Waals surface area contributed by atoms with E-state index in [-0.39, 0.29) is 30.3 Å². The number of nitrogens with zero attached hydrogens (tertiary/aromatic N) is 1. The van der Waals surface area contributed by atoms with Gasteiger partial charge in [-0.25, -0.2) is 0 Å². The quantitative estimate of drug-likeness (QED) is 0.875. The van der Waals surface area contributed by atoms with Crippen LogP contribution in [0.3, 0.4) is 0 Å². The number of hydrogen-bond donors (Lipinski definition) is 2. The lowest BCUT2D eigenvalue weighted by Crippen LogP contribution is -2.40. The van der Waals surface area contributed by atoms with Crippen molar-refractivity contribution in [3.63, 3.8) is 0 Å². The Balaban J connectivity index is 2.03. The predicted octanol–water partition coefficient (Wildman–Crippen LogP) is 2.61. The molecule has 0 saturated carbocycles. The molecule has 2 N–H and O–H groups in total. The molecule has 0 spiro atoms. The van der Waals surface area contributed by atoms with E-state index in [4.69, 9.17) is 11.6 Å². The number of aliphatic hydroxyl groups excluding tert-OH is 1. The summed E-state index contributed by atoms with van der Waals surface area (Å²) < 4.78 is 0. The van der Waals surface area contributed by atoms with Crippen LogP contribution in [-0.4, -0.2) is 41.7 Å². The average molecular weight is 325 g/mol. The minimum atomic E-state index is -0.590. The lowest BCUT2D eigenvalue weighted by atomic mass is 9.99. The molecule has 1 aromatic rings. The first-order valence-electron chi connectivity index (χ1n) is 7.81. The monoisotopic (exact) mass is 324 g/mol. The van der Waals surface area contributed by atoms with Crippen LogP contribution in [0.1, 0.15) is 38.3 Å². The molecule has 122 valence electrons. The van der Waals surface area contributed by atoms with E-state index in [1.54, 1.807) is 0 Å². The summed E-state index contributed by atoms with van der Waals surface area (Å²) in [5, 5.41) is 13.6. The standard InChI is InChI=1S/C17H25ClN2O2/c1-11(2)15(21)10-16(22)19-14-8-9-20(3)17(14)12-4-6-13(18)7-5-12/h4-7,11,14-15,17,21H,8-10H2,1-3H3,(H,19,22)/t14-,15-,17-/m1/s1. The van der Waals surface area contributed by atoms with Crippen LogP contribution in [-0.2, 0) is 4.79 Å². The van der Waals surface area contributed by atoms with Crippen molar-refractivity contribution >= 4 is 17.5 Å². The van der Waals surface area contributed by atoms with E-state index in [2.05, 4.69) is 17.3 Å². The minimum Gasteiger partial charge on any atom is -0.392 e. The molecule has 2 rings (SSSR count). The summed E-state index contributed by atoms with van der Waals surface area (Å²) in [7, 11) is 2.06. The number of hydrogen-bond acceptors (Lipinski definition) is 3. The zero-order valence-electron chi connectivity index (χ0n) is 13.4. The molecule has 4 nitrogen and oxygen atoms in total. The van der Waals surface area contributed by atoms with Gasteiger partial charge in [0.15, 0.2) is 0 Å². The van der Waals surface area contributed by atoms with Crippen molar-refractivity contribution in [2.75, 3.05) is 13.6 Å². The Kier molecular flexibility index (Phi) is 5.84. The maximum absolute atomic E-state index is 12.1. The van der Waals surface area contributed by atoms with Crippen LogP contribution in [0.4, 0.5) is 0 Å². The second-order valence-electron chi connectivity index (χ2n) is 6.46. The van der Waals surface area contributed by atoms with Gasteiger partial charge in [0.2, 0.25) is 5.91 Å². The summed E-state index contributed by atoms with van der Waals surface area (Å²) in [6.45, 7) is 4.76. The van der Waals surface area contributed by atoms with Gasteiger partial charge in [0.05, 0.1) is 18.6 Å². The van der Waals surface area contributed by atoms with E-state index in [0.717, 1.165) is 18.5 Å². The number of amides is 1. The molecule has 1 aromatic carbocycles. The van der Waals surface area contributed by atoms with Gasteiger partial charge in [-0.1, -0.05) is 37.6 Å². The van der Waals surface area contributed by atoms with Gasteiger partial charge in [-0.15, -0.1) is 0 Å². The number of aliphatic hydroxyl groups is 1. The highest BCUT2D eigenvalue weighted by Crippen LogP contribution is 2.31. The summed E-state index contributed by atoms with van der Waals surface area (Å²) in [5.74, 6) is 0.00419. The van der Waals surface area contributed by atoms with Crippen molar-refractivity contribution in [3.8, 4) is 0 Å². The van der Waals surface area contributed by atoms with E-state index in [1.165, 1.54) is 0 Å². The van der Waals surface area contributed by atoms with E-state index in [0.29, 0.717) is 5.02 Å². The smallest absolute Gasteiger partial charge is 0.222 e. The van der Waals surface area contributed by atoms with Gasteiger partial charge < -0.3 is 10.4 Å². The Morgan fingerprint density at radius 2 is 2.05 bits per heavy atom. The molecule has 1 saturated heterocycles. The Labute approximate surface area is 137 Å². The molecular weight excluding hydrogens is 300 g/mol. The van der Waals surface area contributed by atoms with Crippen LogP contribution in [0.25, 0.3) is 0 Å². The Morgan fingerprint density at radius 1 is 1.41 bits per heavy atom. The summed E-state index contributed by atoms with van der Waals surface area (Å²) in [6.07, 6.45) is 0.478. The van der Waals surface area contributed by atoms with Crippen molar-refractivity contribution in [1.29, 1.82) is 0 Å². The first-order chi connectivity index (χ1) is 10.4. The summed E-state index contributed by atoms with van der Waals surface area (Å²) >= 11 is 5.95. The lowest BCUT2D eigenvalue weighted by molar-refractivity contribution is -0.124. The molecule has 1 aliphatic heterocycles. The normalized spacial score (nSPS) is 23.7. The summed E-state index contributed by atoms with van der Waals surface area (Å²) in [6, 6.07) is 8.00. The molecule has 1 aliphatic rings.